The second-order valence-corrected chi connectivity index (χ2v) is 5.21. The number of aromatic nitrogens is 1. The molecule has 0 saturated heterocycles. The van der Waals surface area contributed by atoms with Crippen molar-refractivity contribution in [1.82, 2.24) is 4.98 Å². The summed E-state index contributed by atoms with van der Waals surface area (Å²) in [6.45, 7) is 0. The summed E-state index contributed by atoms with van der Waals surface area (Å²) in [4.78, 5) is 37.2. The smallest absolute Gasteiger partial charge is 0.323 e. The Morgan fingerprint density at radius 2 is 1.67 bits per heavy atom. The number of urea groups is 1. The van der Waals surface area contributed by atoms with E-state index in [1.165, 1.54) is 7.05 Å². The van der Waals surface area contributed by atoms with E-state index in [1.807, 2.05) is 18.2 Å². The Hall–Kier alpha value is -3.85. The zero-order valence-corrected chi connectivity index (χ0v) is 14.6. The molecule has 0 saturated carbocycles. The van der Waals surface area contributed by atoms with Gasteiger partial charge in [0.25, 0.3) is 5.91 Å². The fourth-order valence-corrected chi connectivity index (χ4v) is 2.51. The summed E-state index contributed by atoms with van der Waals surface area (Å²) in [6.07, 6.45) is 0.448. The van der Waals surface area contributed by atoms with Crippen molar-refractivity contribution in [2.45, 2.75) is 0 Å². The summed E-state index contributed by atoms with van der Waals surface area (Å²) in [7, 11) is 1.50. The van der Waals surface area contributed by atoms with Gasteiger partial charge in [0.15, 0.2) is 0 Å². The van der Waals surface area contributed by atoms with E-state index >= 15 is 0 Å². The van der Waals surface area contributed by atoms with Gasteiger partial charge in [-0.1, -0.05) is 18.2 Å². The van der Waals surface area contributed by atoms with Crippen molar-refractivity contribution in [2.24, 2.45) is 11.5 Å². The normalized spacial score (nSPS) is 9.70. The number of aromatic amines is 1. The van der Waals surface area contributed by atoms with E-state index in [4.69, 9.17) is 5.73 Å². The minimum Gasteiger partial charge on any atom is -0.365 e. The lowest BCUT2D eigenvalue weighted by atomic mass is 10.1. The predicted octanol–water partition coefficient (Wildman–Crippen LogP) is 2.05. The van der Waals surface area contributed by atoms with Gasteiger partial charge in [-0.15, -0.1) is 0 Å². The summed E-state index contributed by atoms with van der Waals surface area (Å²) < 4.78 is 0. The molecule has 0 unspecified atom stereocenters. The predicted molar refractivity (Wildman–Crippen MR) is 106 cm³/mol. The van der Waals surface area contributed by atoms with Gasteiger partial charge in [0.2, 0.25) is 6.41 Å². The number of rotatable bonds is 5. The number of nitrogens with one attached hydrogen (secondary N) is 4. The molecule has 0 atom stereocenters. The molecule has 0 aliphatic heterocycles. The number of carbonyl (C=O) groups excluding carboxylic acids is 3. The maximum absolute atomic E-state index is 12.0. The zero-order chi connectivity index (χ0) is 19.8. The van der Waals surface area contributed by atoms with E-state index in [1.54, 1.807) is 30.3 Å². The summed E-state index contributed by atoms with van der Waals surface area (Å²) in [5.41, 5.74) is 11.8. The summed E-state index contributed by atoms with van der Waals surface area (Å²) in [5, 5.41) is 8.35. The SMILES string of the molecule is CN.NC(=O)c1c(NC=O)[nH]c2cc(NC(=O)Nc3ccccc3)ccc12. The standard InChI is InChI=1S/C17H15N5O3.CH5N/c18-15(24)14-12-7-6-11(8-13(12)22-16(14)19-9-23)21-17(25)20-10-4-2-1-3-5-10;1-2/h1-9,22H,(H2,18,24)(H,19,23)(H2,20,21,25);2H2,1H3. The molecule has 0 bridgehead atoms. The van der Waals surface area contributed by atoms with E-state index < -0.39 is 11.9 Å². The first-order chi connectivity index (χ1) is 13.1. The van der Waals surface area contributed by atoms with Gasteiger partial charge in [0.1, 0.15) is 5.82 Å². The molecule has 8 N–H and O–H groups in total. The molecule has 0 radical (unpaired) electrons. The number of fused-ring (bicyclic) bond motifs is 1. The van der Waals surface area contributed by atoms with Gasteiger partial charge in [0.05, 0.1) is 5.56 Å². The van der Waals surface area contributed by atoms with Crippen molar-refractivity contribution >= 4 is 46.4 Å². The third kappa shape index (κ3) is 4.61. The molecule has 2 aromatic carbocycles. The van der Waals surface area contributed by atoms with Crippen molar-refractivity contribution < 1.29 is 14.4 Å². The maximum Gasteiger partial charge on any atom is 0.323 e. The van der Waals surface area contributed by atoms with Crippen LogP contribution in [-0.2, 0) is 4.79 Å². The first-order valence-electron chi connectivity index (χ1n) is 7.95. The van der Waals surface area contributed by atoms with E-state index in [2.05, 4.69) is 26.7 Å². The van der Waals surface area contributed by atoms with Crippen molar-refractivity contribution in [1.29, 1.82) is 0 Å². The maximum atomic E-state index is 12.0. The number of carbonyl (C=O) groups is 3. The number of hydrogen-bond acceptors (Lipinski definition) is 4. The van der Waals surface area contributed by atoms with E-state index in [0.717, 1.165) is 0 Å². The average molecular weight is 368 g/mol. The topological polar surface area (TPSA) is 155 Å². The van der Waals surface area contributed by atoms with Crippen LogP contribution in [0.1, 0.15) is 10.4 Å². The highest BCUT2D eigenvalue weighted by Gasteiger charge is 2.16. The lowest BCUT2D eigenvalue weighted by molar-refractivity contribution is -0.105. The molecule has 3 aromatic rings. The third-order valence-corrected chi connectivity index (χ3v) is 3.54. The number of primary amides is 1. The molecule has 27 heavy (non-hydrogen) atoms. The Labute approximate surface area is 155 Å². The van der Waals surface area contributed by atoms with Crippen molar-refractivity contribution in [3.05, 3.63) is 54.1 Å². The Morgan fingerprint density at radius 1 is 1.00 bits per heavy atom. The van der Waals surface area contributed by atoms with Crippen molar-refractivity contribution in [2.75, 3.05) is 23.0 Å². The number of para-hydroxylation sites is 1. The Bertz CT molecular complexity index is 952. The molecular weight excluding hydrogens is 348 g/mol. The highest BCUT2D eigenvalue weighted by Crippen LogP contribution is 2.28. The minimum atomic E-state index is -0.668. The molecule has 4 amide bonds. The second-order valence-electron chi connectivity index (χ2n) is 5.21. The van der Waals surface area contributed by atoms with Crippen molar-refractivity contribution in [3.63, 3.8) is 0 Å². The van der Waals surface area contributed by atoms with Gasteiger partial charge in [-0.3, -0.25) is 9.59 Å². The summed E-state index contributed by atoms with van der Waals surface area (Å²) in [5.74, 6) is -0.457. The van der Waals surface area contributed by atoms with Gasteiger partial charge in [-0.2, -0.15) is 0 Å². The van der Waals surface area contributed by atoms with E-state index in [9.17, 15) is 14.4 Å². The molecule has 3 rings (SSSR count). The molecule has 9 nitrogen and oxygen atoms in total. The highest BCUT2D eigenvalue weighted by molar-refractivity contribution is 6.13. The van der Waals surface area contributed by atoms with Crippen LogP contribution in [0.4, 0.5) is 22.0 Å². The first kappa shape index (κ1) is 19.5. The van der Waals surface area contributed by atoms with Gasteiger partial charge in [-0.05, 0) is 37.4 Å². The minimum absolute atomic E-state index is 0.183. The number of hydrogen-bond donors (Lipinski definition) is 6. The van der Waals surface area contributed by atoms with Crippen LogP contribution in [0.3, 0.4) is 0 Å². The zero-order valence-electron chi connectivity index (χ0n) is 14.6. The fourth-order valence-electron chi connectivity index (χ4n) is 2.51. The second kappa shape index (κ2) is 9.02. The Kier molecular flexibility index (Phi) is 6.50. The first-order valence-corrected chi connectivity index (χ1v) is 7.95. The number of benzene rings is 2. The van der Waals surface area contributed by atoms with Crippen LogP contribution >= 0.6 is 0 Å². The largest absolute Gasteiger partial charge is 0.365 e. The molecule has 0 aliphatic carbocycles. The average Bonchev–Trinajstić information content (AvgIpc) is 3.02. The van der Waals surface area contributed by atoms with Gasteiger partial charge < -0.3 is 32.4 Å². The lowest BCUT2D eigenvalue weighted by Crippen LogP contribution is -2.19. The molecule has 1 heterocycles. The third-order valence-electron chi connectivity index (χ3n) is 3.54. The van der Waals surface area contributed by atoms with Crippen LogP contribution in [0.15, 0.2) is 48.5 Å². The van der Waals surface area contributed by atoms with Crippen LogP contribution in [-0.4, -0.2) is 30.4 Å². The van der Waals surface area contributed by atoms with Crippen LogP contribution in [0.25, 0.3) is 10.9 Å². The summed E-state index contributed by atoms with van der Waals surface area (Å²) in [6, 6.07) is 13.5. The molecular formula is C18H20N6O3. The van der Waals surface area contributed by atoms with Gasteiger partial charge in [-0.25, -0.2) is 4.79 Å². The van der Waals surface area contributed by atoms with Gasteiger partial charge >= 0.3 is 6.03 Å². The molecule has 140 valence electrons. The van der Waals surface area contributed by atoms with Crippen LogP contribution in [0, 0.1) is 0 Å². The lowest BCUT2D eigenvalue weighted by Gasteiger charge is -2.07. The Morgan fingerprint density at radius 3 is 2.30 bits per heavy atom. The molecule has 0 aliphatic rings. The molecule has 0 spiro atoms. The fraction of sp³-hybridized carbons (Fsp3) is 0.0556. The van der Waals surface area contributed by atoms with Crippen molar-refractivity contribution in [3.8, 4) is 0 Å². The van der Waals surface area contributed by atoms with E-state index in [0.29, 0.717) is 28.7 Å². The Balaban J connectivity index is 0.00000126. The van der Waals surface area contributed by atoms with Gasteiger partial charge in [0, 0.05) is 22.3 Å². The van der Waals surface area contributed by atoms with E-state index in [-0.39, 0.29) is 11.4 Å². The highest BCUT2D eigenvalue weighted by atomic mass is 16.2. The monoisotopic (exact) mass is 368 g/mol. The molecule has 1 aromatic heterocycles. The van der Waals surface area contributed by atoms with Crippen LogP contribution in [0.2, 0.25) is 0 Å². The number of amides is 4. The molecule has 0 fully saturated rings. The number of H-pyrrole nitrogens is 1. The number of nitrogens with two attached hydrogens (primary N) is 2. The van der Waals surface area contributed by atoms with Crippen LogP contribution < -0.4 is 27.4 Å². The quantitative estimate of drug-likeness (QED) is 0.381. The summed E-state index contributed by atoms with van der Waals surface area (Å²) >= 11 is 0. The van der Waals surface area contributed by atoms with Crippen LogP contribution in [0.5, 0.6) is 0 Å². The molecule has 9 heteroatoms. The number of anilines is 3.